The van der Waals surface area contributed by atoms with Crippen LogP contribution in [0.5, 0.6) is 0 Å². The second-order valence-electron chi connectivity index (χ2n) is 3.57. The van der Waals surface area contributed by atoms with Gasteiger partial charge < -0.3 is 4.42 Å². The second kappa shape index (κ2) is 5.31. The van der Waals surface area contributed by atoms with Crippen LogP contribution in [0.1, 0.15) is 24.4 Å². The summed E-state index contributed by atoms with van der Waals surface area (Å²) in [5.41, 5.74) is 3.53. The Morgan fingerprint density at radius 2 is 2.47 bits per heavy atom. The molecule has 17 heavy (non-hydrogen) atoms. The molecule has 0 saturated heterocycles. The monoisotopic (exact) mass is 255 g/mol. The average Bonchev–Trinajstić information content (AvgIpc) is 2.94. The van der Waals surface area contributed by atoms with Gasteiger partial charge in [0, 0.05) is 18.5 Å². The van der Waals surface area contributed by atoms with Crippen LogP contribution >= 0.6 is 11.6 Å². The van der Waals surface area contributed by atoms with Gasteiger partial charge in [-0.3, -0.25) is 16.0 Å². The first-order valence-corrected chi connectivity index (χ1v) is 5.69. The summed E-state index contributed by atoms with van der Waals surface area (Å²) >= 11 is 5.92. The number of nitrogens with zero attached hydrogens (tertiary/aromatic N) is 3. The minimum absolute atomic E-state index is 0.143. The fourth-order valence-corrected chi connectivity index (χ4v) is 1.95. The molecule has 0 radical (unpaired) electrons. The largest absolute Gasteiger partial charge is 0.453 e. The standard InChI is InChI=1S/C10H14ClN5O/c1-2-16-9(13-6-14-16)5-8(15-12)7-3-4-17-10(7)11/h3-4,6,8,15H,2,5,12H2,1H3. The van der Waals surface area contributed by atoms with Crippen LogP contribution < -0.4 is 11.3 Å². The molecular formula is C10H14ClN5O. The second-order valence-corrected chi connectivity index (χ2v) is 3.91. The number of aryl methyl sites for hydroxylation is 1. The van der Waals surface area contributed by atoms with Gasteiger partial charge in [-0.25, -0.2) is 4.98 Å². The van der Waals surface area contributed by atoms with Crippen molar-refractivity contribution < 1.29 is 4.42 Å². The molecule has 0 fully saturated rings. The summed E-state index contributed by atoms with van der Waals surface area (Å²) < 4.78 is 6.87. The highest BCUT2D eigenvalue weighted by molar-refractivity contribution is 6.29. The van der Waals surface area contributed by atoms with Crippen molar-refractivity contribution in [1.29, 1.82) is 0 Å². The van der Waals surface area contributed by atoms with Crippen molar-refractivity contribution in [2.75, 3.05) is 0 Å². The molecule has 0 aliphatic carbocycles. The molecule has 0 saturated carbocycles. The van der Waals surface area contributed by atoms with E-state index in [0.717, 1.165) is 17.9 Å². The molecule has 7 heteroatoms. The fraction of sp³-hybridized carbons (Fsp3) is 0.400. The Kier molecular flexibility index (Phi) is 3.78. The number of furan rings is 1. The Morgan fingerprint density at radius 1 is 1.65 bits per heavy atom. The molecule has 2 rings (SSSR count). The molecule has 0 aromatic carbocycles. The Hall–Kier alpha value is -1.37. The van der Waals surface area contributed by atoms with E-state index in [1.165, 1.54) is 12.6 Å². The third-order valence-electron chi connectivity index (χ3n) is 2.60. The lowest BCUT2D eigenvalue weighted by Crippen LogP contribution is -2.30. The topological polar surface area (TPSA) is 81.9 Å². The van der Waals surface area contributed by atoms with Gasteiger partial charge in [0.2, 0.25) is 0 Å². The molecule has 0 aliphatic heterocycles. The van der Waals surface area contributed by atoms with Crippen LogP contribution in [0.3, 0.4) is 0 Å². The van der Waals surface area contributed by atoms with Gasteiger partial charge in [-0.05, 0) is 24.6 Å². The third-order valence-corrected chi connectivity index (χ3v) is 2.91. The maximum Gasteiger partial charge on any atom is 0.197 e. The summed E-state index contributed by atoms with van der Waals surface area (Å²) in [5.74, 6) is 6.39. The predicted molar refractivity (Wildman–Crippen MR) is 63.2 cm³/mol. The number of aromatic nitrogens is 3. The van der Waals surface area contributed by atoms with Crippen LogP contribution in [0.25, 0.3) is 0 Å². The highest BCUT2D eigenvalue weighted by atomic mass is 35.5. The summed E-state index contributed by atoms with van der Waals surface area (Å²) in [6.45, 7) is 2.78. The van der Waals surface area contributed by atoms with E-state index < -0.39 is 0 Å². The third kappa shape index (κ3) is 2.49. The van der Waals surface area contributed by atoms with Crippen LogP contribution in [-0.4, -0.2) is 14.8 Å². The van der Waals surface area contributed by atoms with E-state index in [2.05, 4.69) is 15.5 Å². The maximum absolute atomic E-state index is 5.92. The molecule has 0 amide bonds. The number of hydrogen-bond donors (Lipinski definition) is 2. The van der Waals surface area contributed by atoms with Crippen LogP contribution in [0.4, 0.5) is 0 Å². The number of nitrogens with two attached hydrogens (primary N) is 1. The van der Waals surface area contributed by atoms with Gasteiger partial charge in [0.1, 0.15) is 12.2 Å². The van der Waals surface area contributed by atoms with Gasteiger partial charge in [0.15, 0.2) is 5.22 Å². The van der Waals surface area contributed by atoms with Gasteiger partial charge in [-0.1, -0.05) is 0 Å². The molecule has 0 bridgehead atoms. The van der Waals surface area contributed by atoms with Crippen molar-refractivity contribution in [3.8, 4) is 0 Å². The minimum Gasteiger partial charge on any atom is -0.453 e. The first kappa shape index (κ1) is 12.1. The summed E-state index contributed by atoms with van der Waals surface area (Å²) in [7, 11) is 0. The molecule has 1 atom stereocenters. The number of halogens is 1. The first-order valence-electron chi connectivity index (χ1n) is 5.32. The molecule has 6 nitrogen and oxygen atoms in total. The smallest absolute Gasteiger partial charge is 0.197 e. The van der Waals surface area contributed by atoms with Crippen molar-refractivity contribution in [3.63, 3.8) is 0 Å². The Balaban J connectivity index is 2.19. The normalized spacial score (nSPS) is 12.9. The van der Waals surface area contributed by atoms with E-state index in [-0.39, 0.29) is 6.04 Å². The SMILES string of the molecule is CCn1ncnc1CC(NN)c1ccoc1Cl. The lowest BCUT2D eigenvalue weighted by atomic mass is 10.1. The van der Waals surface area contributed by atoms with Crippen molar-refractivity contribution in [2.24, 2.45) is 5.84 Å². The van der Waals surface area contributed by atoms with E-state index in [1.807, 2.05) is 11.6 Å². The Bertz CT molecular complexity index is 481. The zero-order valence-electron chi connectivity index (χ0n) is 9.43. The Morgan fingerprint density at radius 3 is 3.06 bits per heavy atom. The predicted octanol–water partition coefficient (Wildman–Crippen LogP) is 1.29. The van der Waals surface area contributed by atoms with E-state index in [1.54, 1.807) is 6.07 Å². The lowest BCUT2D eigenvalue weighted by Gasteiger charge is -2.14. The quantitative estimate of drug-likeness (QED) is 0.622. The van der Waals surface area contributed by atoms with Crippen LogP contribution in [-0.2, 0) is 13.0 Å². The first-order chi connectivity index (χ1) is 8.26. The Labute approximate surface area is 104 Å². The fourth-order valence-electron chi connectivity index (χ4n) is 1.71. The molecule has 0 spiro atoms. The van der Waals surface area contributed by atoms with Gasteiger partial charge in [0.25, 0.3) is 0 Å². The summed E-state index contributed by atoms with van der Waals surface area (Å²) in [4.78, 5) is 4.20. The van der Waals surface area contributed by atoms with Crippen LogP contribution in [0.2, 0.25) is 5.22 Å². The molecular weight excluding hydrogens is 242 g/mol. The van der Waals surface area contributed by atoms with E-state index in [4.69, 9.17) is 21.9 Å². The van der Waals surface area contributed by atoms with Gasteiger partial charge >= 0.3 is 0 Å². The van der Waals surface area contributed by atoms with Gasteiger partial charge in [0.05, 0.1) is 12.3 Å². The van der Waals surface area contributed by atoms with Crippen molar-refractivity contribution in [1.82, 2.24) is 20.2 Å². The van der Waals surface area contributed by atoms with Crippen LogP contribution in [0, 0.1) is 0 Å². The summed E-state index contributed by atoms with van der Waals surface area (Å²) in [6.07, 6.45) is 3.67. The number of rotatable bonds is 5. The van der Waals surface area contributed by atoms with Crippen molar-refractivity contribution >= 4 is 11.6 Å². The molecule has 3 N–H and O–H groups in total. The van der Waals surface area contributed by atoms with E-state index in [9.17, 15) is 0 Å². The van der Waals surface area contributed by atoms with Crippen molar-refractivity contribution in [3.05, 3.63) is 35.3 Å². The van der Waals surface area contributed by atoms with E-state index >= 15 is 0 Å². The summed E-state index contributed by atoms with van der Waals surface area (Å²) in [5, 5.41) is 4.45. The minimum atomic E-state index is -0.143. The van der Waals surface area contributed by atoms with E-state index in [0.29, 0.717) is 11.6 Å². The number of hydrazine groups is 1. The molecule has 0 aliphatic rings. The molecule has 2 aromatic heterocycles. The number of hydrogen-bond acceptors (Lipinski definition) is 5. The van der Waals surface area contributed by atoms with Gasteiger partial charge in [-0.15, -0.1) is 0 Å². The van der Waals surface area contributed by atoms with Gasteiger partial charge in [-0.2, -0.15) is 5.10 Å². The van der Waals surface area contributed by atoms with Crippen molar-refractivity contribution in [2.45, 2.75) is 25.9 Å². The summed E-state index contributed by atoms with van der Waals surface area (Å²) in [6, 6.07) is 1.65. The molecule has 92 valence electrons. The highest BCUT2D eigenvalue weighted by Gasteiger charge is 2.18. The average molecular weight is 256 g/mol. The maximum atomic E-state index is 5.92. The molecule has 1 unspecified atom stereocenters. The lowest BCUT2D eigenvalue weighted by molar-refractivity contribution is 0.499. The highest BCUT2D eigenvalue weighted by Crippen LogP contribution is 2.25. The molecule has 2 aromatic rings. The molecule has 2 heterocycles. The zero-order chi connectivity index (χ0) is 12.3. The van der Waals surface area contributed by atoms with Crippen LogP contribution in [0.15, 0.2) is 23.1 Å². The number of nitrogens with one attached hydrogen (secondary N) is 1. The zero-order valence-corrected chi connectivity index (χ0v) is 10.2.